The lowest BCUT2D eigenvalue weighted by atomic mass is 10.1. The number of aromatic amines is 1. The van der Waals surface area contributed by atoms with Crippen LogP contribution in [-0.4, -0.2) is 26.1 Å². The fourth-order valence-electron chi connectivity index (χ4n) is 3.08. The van der Waals surface area contributed by atoms with Crippen LogP contribution < -0.4 is 17.0 Å². The van der Waals surface area contributed by atoms with E-state index in [0.717, 1.165) is 16.6 Å². The SMILES string of the molecule is CCCCCCC.Cc1cc2nc3c(=O)[nH]c(=O)nc-3n(CCN)c2cc1C. The maximum absolute atomic E-state index is 11.9. The van der Waals surface area contributed by atoms with Gasteiger partial charge in [-0.3, -0.25) is 9.78 Å². The average molecular weight is 386 g/mol. The molecule has 0 radical (unpaired) electrons. The maximum Gasteiger partial charge on any atom is 0.349 e. The number of rotatable bonds is 6. The molecule has 0 amide bonds. The molecule has 7 heteroatoms. The molecule has 0 saturated carbocycles. The largest absolute Gasteiger partial charge is 0.349 e. The van der Waals surface area contributed by atoms with Crippen molar-refractivity contribution in [2.45, 2.75) is 66.3 Å². The summed E-state index contributed by atoms with van der Waals surface area (Å²) >= 11 is 0. The van der Waals surface area contributed by atoms with Gasteiger partial charge in [0.1, 0.15) is 0 Å². The van der Waals surface area contributed by atoms with Crippen LogP contribution >= 0.6 is 0 Å². The Kier molecular flexibility index (Phi) is 7.87. The van der Waals surface area contributed by atoms with Gasteiger partial charge in [-0.15, -0.1) is 0 Å². The van der Waals surface area contributed by atoms with Gasteiger partial charge in [0.15, 0.2) is 11.5 Å². The van der Waals surface area contributed by atoms with Crippen LogP contribution in [0.3, 0.4) is 0 Å². The Morgan fingerprint density at radius 1 is 1.00 bits per heavy atom. The molecule has 1 aromatic rings. The van der Waals surface area contributed by atoms with E-state index in [4.69, 9.17) is 5.73 Å². The normalized spacial score (nSPS) is 10.9. The molecule has 7 nitrogen and oxygen atoms in total. The van der Waals surface area contributed by atoms with Crippen molar-refractivity contribution in [3.8, 4) is 11.5 Å². The molecule has 0 spiro atoms. The summed E-state index contributed by atoms with van der Waals surface area (Å²) in [5, 5.41) is 0. The highest BCUT2D eigenvalue weighted by molar-refractivity contribution is 5.81. The Balaban J connectivity index is 0.000000345. The van der Waals surface area contributed by atoms with E-state index in [1.165, 1.54) is 32.1 Å². The zero-order valence-corrected chi connectivity index (χ0v) is 17.3. The summed E-state index contributed by atoms with van der Waals surface area (Å²) in [6, 6.07) is 3.89. The van der Waals surface area contributed by atoms with Crippen LogP contribution in [0, 0.1) is 13.8 Å². The number of H-pyrrole nitrogens is 1. The van der Waals surface area contributed by atoms with E-state index in [2.05, 4.69) is 28.8 Å². The second-order valence-corrected chi connectivity index (χ2v) is 7.08. The van der Waals surface area contributed by atoms with Gasteiger partial charge in [-0.2, -0.15) is 4.98 Å². The maximum atomic E-state index is 11.9. The highest BCUT2D eigenvalue weighted by Crippen LogP contribution is 2.23. The van der Waals surface area contributed by atoms with Crippen molar-refractivity contribution in [1.82, 2.24) is 19.5 Å². The fraction of sp³-hybridized carbons (Fsp3) is 0.524. The van der Waals surface area contributed by atoms with Crippen LogP contribution in [0.15, 0.2) is 21.7 Å². The van der Waals surface area contributed by atoms with Crippen molar-refractivity contribution in [3.05, 3.63) is 44.1 Å². The number of aromatic nitrogens is 4. The summed E-state index contributed by atoms with van der Waals surface area (Å²) in [4.78, 5) is 33.8. The first kappa shape index (κ1) is 21.8. The minimum atomic E-state index is -0.678. The molecule has 0 bridgehead atoms. The first-order valence-electron chi connectivity index (χ1n) is 10.0. The second-order valence-electron chi connectivity index (χ2n) is 7.08. The van der Waals surface area contributed by atoms with Gasteiger partial charge in [0.05, 0.1) is 11.0 Å². The van der Waals surface area contributed by atoms with Gasteiger partial charge < -0.3 is 10.3 Å². The number of nitrogens with zero attached hydrogens (tertiary/aromatic N) is 3. The van der Waals surface area contributed by atoms with E-state index in [-0.39, 0.29) is 11.5 Å². The molecule has 0 atom stereocenters. The van der Waals surface area contributed by atoms with Crippen molar-refractivity contribution in [3.63, 3.8) is 0 Å². The summed E-state index contributed by atoms with van der Waals surface area (Å²) < 4.78 is 1.78. The number of hydrogen-bond acceptors (Lipinski definition) is 5. The van der Waals surface area contributed by atoms with Crippen LogP contribution in [0.1, 0.15) is 57.1 Å². The van der Waals surface area contributed by atoms with Crippen molar-refractivity contribution >= 4 is 11.0 Å². The van der Waals surface area contributed by atoms with Gasteiger partial charge in [-0.1, -0.05) is 46.0 Å². The minimum Gasteiger partial charge on any atom is -0.329 e. The predicted octanol–water partition coefficient (Wildman–Crippen LogP) is 3.14. The summed E-state index contributed by atoms with van der Waals surface area (Å²) in [5.74, 6) is 0.268. The average Bonchev–Trinajstić information content (AvgIpc) is 2.65. The van der Waals surface area contributed by atoms with Gasteiger partial charge in [0, 0.05) is 13.1 Å². The van der Waals surface area contributed by atoms with Crippen LogP contribution in [0.4, 0.5) is 0 Å². The van der Waals surface area contributed by atoms with Gasteiger partial charge in [0.25, 0.3) is 5.56 Å². The molecule has 0 aromatic heterocycles. The van der Waals surface area contributed by atoms with E-state index < -0.39 is 11.2 Å². The summed E-state index contributed by atoms with van der Waals surface area (Å²) in [7, 11) is 0. The van der Waals surface area contributed by atoms with Crippen molar-refractivity contribution in [2.24, 2.45) is 5.73 Å². The van der Waals surface area contributed by atoms with Gasteiger partial charge >= 0.3 is 5.69 Å². The summed E-state index contributed by atoms with van der Waals surface area (Å²) in [6.45, 7) is 9.29. The van der Waals surface area contributed by atoms with Gasteiger partial charge in [-0.25, -0.2) is 9.78 Å². The Bertz CT molecular complexity index is 1000. The van der Waals surface area contributed by atoms with Crippen molar-refractivity contribution in [1.29, 1.82) is 0 Å². The van der Waals surface area contributed by atoms with Crippen LogP contribution in [0.25, 0.3) is 22.6 Å². The van der Waals surface area contributed by atoms with E-state index >= 15 is 0 Å². The highest BCUT2D eigenvalue weighted by atomic mass is 16.2. The second kappa shape index (κ2) is 10.1. The first-order chi connectivity index (χ1) is 13.4. The fourth-order valence-corrected chi connectivity index (χ4v) is 3.08. The number of nitrogens with one attached hydrogen (secondary N) is 1. The Morgan fingerprint density at radius 3 is 2.25 bits per heavy atom. The van der Waals surface area contributed by atoms with E-state index in [0.29, 0.717) is 18.6 Å². The van der Waals surface area contributed by atoms with Gasteiger partial charge in [-0.05, 0) is 37.1 Å². The molecule has 0 unspecified atom stereocenters. The number of nitrogens with two attached hydrogens (primary N) is 1. The highest BCUT2D eigenvalue weighted by Gasteiger charge is 2.18. The summed E-state index contributed by atoms with van der Waals surface area (Å²) in [6.07, 6.45) is 7.01. The molecule has 1 aromatic carbocycles. The molecular formula is C21H31N5O2. The number of aryl methyl sites for hydroxylation is 2. The third kappa shape index (κ3) is 5.04. The third-order valence-electron chi connectivity index (χ3n) is 4.78. The number of benzene rings is 1. The Morgan fingerprint density at radius 2 is 1.64 bits per heavy atom. The molecule has 3 N–H and O–H groups in total. The lowest BCUT2D eigenvalue weighted by Crippen LogP contribution is -2.29. The monoisotopic (exact) mass is 385 g/mol. The Hall–Kier alpha value is -2.54. The van der Waals surface area contributed by atoms with Crippen LogP contribution in [0.5, 0.6) is 0 Å². The molecule has 0 aliphatic carbocycles. The molecule has 152 valence electrons. The zero-order chi connectivity index (χ0) is 20.7. The molecule has 2 heterocycles. The van der Waals surface area contributed by atoms with Crippen LogP contribution in [0.2, 0.25) is 0 Å². The minimum absolute atomic E-state index is 0.152. The third-order valence-corrected chi connectivity index (χ3v) is 4.78. The van der Waals surface area contributed by atoms with E-state index in [1.54, 1.807) is 4.57 Å². The zero-order valence-electron chi connectivity index (χ0n) is 17.3. The van der Waals surface area contributed by atoms with Gasteiger partial charge in [0.2, 0.25) is 0 Å². The molecular weight excluding hydrogens is 354 g/mol. The lowest BCUT2D eigenvalue weighted by Gasteiger charge is -2.16. The number of unbranched alkanes of at least 4 members (excludes halogenated alkanes) is 4. The van der Waals surface area contributed by atoms with Crippen molar-refractivity contribution < 1.29 is 0 Å². The standard InChI is InChI=1S/C14H15N5O2.C7H16/c1-7-5-9-10(6-8(7)2)19(4-3-15)12-11(16-9)13(20)18-14(21)17-12;1-3-5-7-6-4-2/h5-6H,3-4,15H2,1-2H3,(H,18,20,21);3-7H2,1-2H3. The molecule has 3 rings (SSSR count). The molecule has 2 aliphatic rings. The number of fused-ring (bicyclic) bond motifs is 2. The summed E-state index contributed by atoms with van der Waals surface area (Å²) in [5.41, 5.74) is 8.28. The van der Waals surface area contributed by atoms with Crippen LogP contribution in [-0.2, 0) is 6.54 Å². The topological polar surface area (TPSA) is 107 Å². The quantitative estimate of drug-likeness (QED) is 0.501. The van der Waals surface area contributed by atoms with E-state index in [9.17, 15) is 9.59 Å². The first-order valence-corrected chi connectivity index (χ1v) is 10.0. The number of hydrogen-bond donors (Lipinski definition) is 2. The molecule has 28 heavy (non-hydrogen) atoms. The van der Waals surface area contributed by atoms with Crippen molar-refractivity contribution in [2.75, 3.05) is 6.54 Å². The smallest absolute Gasteiger partial charge is 0.329 e. The molecule has 0 saturated heterocycles. The molecule has 2 aliphatic heterocycles. The predicted molar refractivity (Wildman–Crippen MR) is 114 cm³/mol. The van der Waals surface area contributed by atoms with E-state index in [1.807, 2.05) is 26.0 Å². The molecule has 0 fully saturated rings. The lowest BCUT2D eigenvalue weighted by molar-refractivity contribution is 0.656. The Labute approximate surface area is 165 Å².